The number of amides is 1. The van der Waals surface area contributed by atoms with Gasteiger partial charge in [0, 0.05) is 56.7 Å². The van der Waals surface area contributed by atoms with Crippen LogP contribution in [0.5, 0.6) is 0 Å². The van der Waals surface area contributed by atoms with E-state index in [-0.39, 0.29) is 11.7 Å². The summed E-state index contributed by atoms with van der Waals surface area (Å²) in [6.07, 6.45) is 1.60. The van der Waals surface area contributed by atoms with Crippen molar-refractivity contribution in [3.05, 3.63) is 83.9 Å². The van der Waals surface area contributed by atoms with Crippen LogP contribution in [0, 0.1) is 5.82 Å². The molecule has 0 unspecified atom stereocenters. The summed E-state index contributed by atoms with van der Waals surface area (Å²) in [4.78, 5) is 21.2. The van der Waals surface area contributed by atoms with Crippen molar-refractivity contribution in [3.63, 3.8) is 0 Å². The van der Waals surface area contributed by atoms with E-state index in [9.17, 15) is 9.18 Å². The Morgan fingerprint density at radius 2 is 1.97 bits per heavy atom. The number of carbonyl (C=O) groups is 1. The number of hydrogen-bond acceptors (Lipinski definition) is 4. The Balaban J connectivity index is 1.41. The number of nitrogens with zero attached hydrogens (tertiary/aromatic N) is 3. The Morgan fingerprint density at radius 3 is 2.65 bits per heavy atom. The normalized spacial score (nSPS) is 16.8. The predicted molar refractivity (Wildman–Crippen MR) is 122 cm³/mol. The summed E-state index contributed by atoms with van der Waals surface area (Å²) >= 11 is 0. The molecule has 0 spiro atoms. The molecule has 3 aromatic rings. The van der Waals surface area contributed by atoms with Gasteiger partial charge in [0.25, 0.3) is 5.91 Å². The Hall–Kier alpha value is -3.09. The number of hydrogen-bond donors (Lipinski definition) is 1. The number of aromatic nitrogens is 1. The van der Waals surface area contributed by atoms with Gasteiger partial charge in [0.05, 0.1) is 0 Å². The van der Waals surface area contributed by atoms with Crippen LogP contribution in [0.15, 0.2) is 66.9 Å². The van der Waals surface area contributed by atoms with E-state index in [1.54, 1.807) is 36.3 Å². The molecule has 1 fully saturated rings. The fraction of sp³-hybridized carbons (Fsp3) is 0.280. The van der Waals surface area contributed by atoms with Gasteiger partial charge in [0.2, 0.25) is 0 Å². The van der Waals surface area contributed by atoms with Crippen molar-refractivity contribution < 1.29 is 9.18 Å². The maximum Gasteiger partial charge on any atom is 0.276 e. The number of anilines is 1. The summed E-state index contributed by atoms with van der Waals surface area (Å²) < 4.78 is 13.4. The monoisotopic (exact) mass is 418 g/mol. The van der Waals surface area contributed by atoms with Gasteiger partial charge in [-0.25, -0.2) is 4.39 Å². The summed E-state index contributed by atoms with van der Waals surface area (Å²) in [5, 5.41) is 3.46. The van der Waals surface area contributed by atoms with Crippen molar-refractivity contribution in [2.45, 2.75) is 19.5 Å². The first kappa shape index (κ1) is 21.2. The van der Waals surface area contributed by atoms with Gasteiger partial charge in [-0.3, -0.25) is 14.7 Å². The van der Waals surface area contributed by atoms with Crippen LogP contribution in [0.3, 0.4) is 0 Å². The van der Waals surface area contributed by atoms with Crippen LogP contribution in [0.25, 0.3) is 11.1 Å². The molecule has 1 aliphatic rings. The molecule has 0 aliphatic carbocycles. The van der Waals surface area contributed by atoms with Crippen LogP contribution in [-0.2, 0) is 6.54 Å². The summed E-state index contributed by atoms with van der Waals surface area (Å²) in [6.45, 7) is 6.21. The minimum absolute atomic E-state index is 0.186. The molecule has 0 bridgehead atoms. The molecule has 2 heterocycles. The van der Waals surface area contributed by atoms with Crippen LogP contribution < -0.4 is 10.2 Å². The molecule has 160 valence electrons. The smallest absolute Gasteiger partial charge is 0.276 e. The third kappa shape index (κ3) is 5.16. The first-order valence-corrected chi connectivity index (χ1v) is 10.5. The summed E-state index contributed by atoms with van der Waals surface area (Å²) in [7, 11) is 1.75. The molecule has 0 radical (unpaired) electrons. The van der Waals surface area contributed by atoms with Gasteiger partial charge in [0.15, 0.2) is 0 Å². The van der Waals surface area contributed by atoms with Gasteiger partial charge in [0.1, 0.15) is 11.5 Å². The molecule has 5 nitrogen and oxygen atoms in total. The highest BCUT2D eigenvalue weighted by Gasteiger charge is 2.17. The standard InChI is InChI=1S/C25H27FN4O/c1-18-16-30(13-12-27-18)17-19-6-9-23(10-7-19)29(2)25(31)24-11-8-21(15-28-24)20-4-3-5-22(26)14-20/h3-11,14-15,18,27H,12-13,16-17H2,1-2H3/t18-/m0/s1. The van der Waals surface area contributed by atoms with E-state index < -0.39 is 0 Å². The highest BCUT2D eigenvalue weighted by Crippen LogP contribution is 2.21. The molecule has 4 rings (SSSR count). The number of halogens is 1. The number of carbonyl (C=O) groups excluding carboxylic acids is 1. The van der Waals surface area contributed by atoms with Crippen molar-refractivity contribution in [3.8, 4) is 11.1 Å². The lowest BCUT2D eigenvalue weighted by Crippen LogP contribution is -2.48. The number of piperazine rings is 1. The number of rotatable bonds is 5. The predicted octanol–water partition coefficient (Wildman–Crippen LogP) is 3.96. The topological polar surface area (TPSA) is 48.5 Å². The van der Waals surface area contributed by atoms with Crippen LogP contribution in [-0.4, -0.2) is 48.5 Å². The molecular weight excluding hydrogens is 391 g/mol. The van der Waals surface area contributed by atoms with E-state index in [1.807, 2.05) is 18.2 Å². The van der Waals surface area contributed by atoms with Gasteiger partial charge in [-0.05, 0) is 48.4 Å². The Labute approximate surface area is 182 Å². The highest BCUT2D eigenvalue weighted by molar-refractivity contribution is 6.04. The Bertz CT molecular complexity index is 1040. The van der Waals surface area contributed by atoms with E-state index in [0.29, 0.717) is 11.7 Å². The van der Waals surface area contributed by atoms with Gasteiger partial charge in [-0.15, -0.1) is 0 Å². The first-order chi connectivity index (χ1) is 15.0. The minimum Gasteiger partial charge on any atom is -0.312 e. The van der Waals surface area contributed by atoms with Gasteiger partial charge >= 0.3 is 0 Å². The molecule has 2 aromatic carbocycles. The van der Waals surface area contributed by atoms with Crippen molar-refractivity contribution >= 4 is 11.6 Å². The van der Waals surface area contributed by atoms with Crippen LogP contribution >= 0.6 is 0 Å². The van der Waals surface area contributed by atoms with E-state index in [4.69, 9.17) is 0 Å². The highest BCUT2D eigenvalue weighted by atomic mass is 19.1. The Morgan fingerprint density at radius 1 is 1.16 bits per heavy atom. The molecular formula is C25H27FN4O. The van der Waals surface area contributed by atoms with Crippen molar-refractivity contribution in [1.82, 2.24) is 15.2 Å². The first-order valence-electron chi connectivity index (χ1n) is 10.5. The molecule has 1 atom stereocenters. The summed E-state index contributed by atoms with van der Waals surface area (Å²) in [6, 6.07) is 18.4. The fourth-order valence-electron chi connectivity index (χ4n) is 3.89. The number of pyridine rings is 1. The van der Waals surface area contributed by atoms with E-state index >= 15 is 0 Å². The largest absolute Gasteiger partial charge is 0.312 e. The SMILES string of the molecule is C[C@H]1CN(Cc2ccc(N(C)C(=O)c3ccc(-c4cccc(F)c4)cn3)cc2)CCN1. The van der Waals surface area contributed by atoms with Crippen LogP contribution in [0.2, 0.25) is 0 Å². The van der Waals surface area contributed by atoms with Crippen molar-refractivity contribution in [1.29, 1.82) is 0 Å². The molecule has 1 aliphatic heterocycles. The zero-order valence-corrected chi connectivity index (χ0v) is 17.9. The second-order valence-electron chi connectivity index (χ2n) is 8.06. The fourth-order valence-corrected chi connectivity index (χ4v) is 3.89. The van der Waals surface area contributed by atoms with E-state index in [2.05, 4.69) is 34.3 Å². The average Bonchev–Trinajstić information content (AvgIpc) is 2.79. The quantitative estimate of drug-likeness (QED) is 0.682. The maximum atomic E-state index is 13.4. The molecule has 1 saturated heterocycles. The Kier molecular flexibility index (Phi) is 6.39. The second kappa shape index (κ2) is 9.37. The lowest BCUT2D eigenvalue weighted by Gasteiger charge is -2.31. The molecule has 0 saturated carbocycles. The minimum atomic E-state index is -0.299. The van der Waals surface area contributed by atoms with Crippen LogP contribution in [0.4, 0.5) is 10.1 Å². The summed E-state index contributed by atoms with van der Waals surface area (Å²) in [5.74, 6) is -0.484. The van der Waals surface area contributed by atoms with E-state index in [0.717, 1.165) is 43.0 Å². The lowest BCUT2D eigenvalue weighted by molar-refractivity contribution is 0.0988. The molecule has 1 amide bonds. The van der Waals surface area contributed by atoms with Gasteiger partial charge in [-0.1, -0.05) is 30.3 Å². The second-order valence-corrected chi connectivity index (χ2v) is 8.06. The molecule has 1 aromatic heterocycles. The number of nitrogens with one attached hydrogen (secondary N) is 1. The lowest BCUT2D eigenvalue weighted by atomic mass is 10.1. The zero-order valence-electron chi connectivity index (χ0n) is 17.9. The molecule has 1 N–H and O–H groups in total. The zero-order chi connectivity index (χ0) is 21.8. The van der Waals surface area contributed by atoms with E-state index in [1.165, 1.54) is 17.7 Å². The third-order valence-electron chi connectivity index (χ3n) is 5.63. The van der Waals surface area contributed by atoms with Crippen molar-refractivity contribution in [2.75, 3.05) is 31.6 Å². The average molecular weight is 419 g/mol. The molecule has 6 heteroatoms. The third-order valence-corrected chi connectivity index (χ3v) is 5.63. The van der Waals surface area contributed by atoms with Gasteiger partial charge in [-0.2, -0.15) is 0 Å². The maximum absolute atomic E-state index is 13.4. The van der Waals surface area contributed by atoms with Crippen LogP contribution in [0.1, 0.15) is 23.0 Å². The van der Waals surface area contributed by atoms with Crippen molar-refractivity contribution in [2.24, 2.45) is 0 Å². The molecule has 31 heavy (non-hydrogen) atoms. The number of benzene rings is 2. The summed E-state index contributed by atoms with van der Waals surface area (Å²) in [5.41, 5.74) is 3.90. The van der Waals surface area contributed by atoms with Gasteiger partial charge < -0.3 is 10.2 Å².